The highest BCUT2D eigenvalue weighted by Crippen LogP contribution is 2.23. The van der Waals surface area contributed by atoms with E-state index < -0.39 is 95.2 Å². The third-order valence-electron chi connectivity index (χ3n) is 16.2. The van der Waals surface area contributed by atoms with Crippen molar-refractivity contribution in [1.82, 2.24) is 47.9 Å². The monoisotopic (exact) mass is 1450 g/mol. The number of carbonyl (C=O) groups is 9. The Kier molecular flexibility index (Phi) is 36.4. The van der Waals surface area contributed by atoms with Gasteiger partial charge in [0.1, 0.15) is 42.0 Å². The summed E-state index contributed by atoms with van der Waals surface area (Å²) in [7, 11) is 0. The number of aliphatic imine (C=N–C) groups is 2. The number of alkyl carbamates (subject to hydrolysis) is 3. The van der Waals surface area contributed by atoms with E-state index in [0.717, 1.165) is 40.7 Å². The van der Waals surface area contributed by atoms with Crippen molar-refractivity contribution in [3.63, 3.8) is 0 Å². The number of ether oxygens (including phenoxy) is 3. The minimum atomic E-state index is -1.13. The Hall–Kier alpha value is -8.19. The predicted octanol–water partition coefficient (Wildman–Crippen LogP) is 11.4. The molecular formula is C77H115N11O12S2. The van der Waals surface area contributed by atoms with Crippen molar-refractivity contribution >= 4 is 87.6 Å². The molecule has 2 aliphatic rings. The second kappa shape index (κ2) is 43.0. The highest BCUT2D eigenvalue weighted by Gasteiger charge is 2.34. The SMILES string of the molecule is C/C(=C\[C@@H](C)C(=O)N[C@H](C(=O)NC1=NCCC(C)S1)C(C)C)[C@@H](Cc1ccccc1)NC(=O)OC(C)(C)C.C/C(=C\[C@@H](C)C(=O)N[C@H](C(=O)N[C@@H](CCCNC(=O)OCc1ccccc1)C(=O)N[C@@H](CC(C)C)C(=O)NC1=NCCC(C)S1)C(C)C)[C@@H](Cc1ccccc1)NC(=O)OC(C)(C)C. The Balaban J connectivity index is 0.000000493. The van der Waals surface area contributed by atoms with Gasteiger partial charge in [0.25, 0.3) is 0 Å². The van der Waals surface area contributed by atoms with Crippen LogP contribution in [0.3, 0.4) is 0 Å². The van der Waals surface area contributed by atoms with Gasteiger partial charge in [0.05, 0.1) is 23.9 Å². The molecule has 562 valence electrons. The minimum Gasteiger partial charge on any atom is -0.445 e. The zero-order chi connectivity index (χ0) is 75.9. The van der Waals surface area contributed by atoms with Gasteiger partial charge in [-0.15, -0.1) is 0 Å². The van der Waals surface area contributed by atoms with Crippen LogP contribution < -0.4 is 47.9 Å². The van der Waals surface area contributed by atoms with Crippen LogP contribution in [0.1, 0.15) is 173 Å². The molecule has 25 heteroatoms. The molecule has 0 bridgehead atoms. The molecule has 0 radical (unpaired) electrons. The van der Waals surface area contributed by atoms with Crippen molar-refractivity contribution < 1.29 is 57.4 Å². The van der Waals surface area contributed by atoms with Crippen molar-refractivity contribution in [1.29, 1.82) is 0 Å². The number of benzene rings is 3. The molecule has 2 heterocycles. The fraction of sp³-hybridized carbons (Fsp3) is 0.571. The fourth-order valence-electron chi connectivity index (χ4n) is 10.6. The van der Waals surface area contributed by atoms with Gasteiger partial charge in [0, 0.05) is 30.1 Å². The maximum Gasteiger partial charge on any atom is 0.408 e. The lowest BCUT2D eigenvalue weighted by molar-refractivity contribution is -0.134. The van der Waals surface area contributed by atoms with Crippen molar-refractivity contribution in [3.05, 3.63) is 131 Å². The smallest absolute Gasteiger partial charge is 0.408 e. The molecule has 9 N–H and O–H groups in total. The first-order chi connectivity index (χ1) is 47.9. The summed E-state index contributed by atoms with van der Waals surface area (Å²) in [6, 6.07) is 24.1. The van der Waals surface area contributed by atoms with Crippen LogP contribution >= 0.6 is 23.5 Å². The van der Waals surface area contributed by atoms with Crippen molar-refractivity contribution in [3.8, 4) is 0 Å². The molecule has 3 aromatic carbocycles. The van der Waals surface area contributed by atoms with Gasteiger partial charge in [0.15, 0.2) is 10.3 Å². The molecule has 0 saturated carbocycles. The summed E-state index contributed by atoms with van der Waals surface area (Å²) in [5.41, 5.74) is 3.07. The molecule has 0 spiro atoms. The third-order valence-corrected chi connectivity index (χ3v) is 18.4. The second-order valence-electron chi connectivity index (χ2n) is 29.3. The molecule has 3 aromatic rings. The summed E-state index contributed by atoms with van der Waals surface area (Å²) in [5, 5.41) is 27.6. The molecule has 0 saturated heterocycles. The maximum absolute atomic E-state index is 14.1. The van der Waals surface area contributed by atoms with Crippen LogP contribution in [0.15, 0.2) is 124 Å². The van der Waals surface area contributed by atoms with Gasteiger partial charge in [0.2, 0.25) is 35.4 Å². The van der Waals surface area contributed by atoms with Gasteiger partial charge in [-0.3, -0.25) is 38.8 Å². The second-order valence-corrected chi connectivity index (χ2v) is 32.2. The topological polar surface area (TPSA) is 314 Å². The van der Waals surface area contributed by atoms with Gasteiger partial charge < -0.3 is 62.1 Å². The lowest BCUT2D eigenvalue weighted by Crippen LogP contribution is -2.58. The van der Waals surface area contributed by atoms with Gasteiger partial charge in [-0.1, -0.05) is 207 Å². The summed E-state index contributed by atoms with van der Waals surface area (Å²) in [6.07, 6.45) is 5.42. The lowest BCUT2D eigenvalue weighted by atomic mass is 9.96. The Bertz CT molecular complexity index is 3340. The average Bonchev–Trinajstić information content (AvgIpc) is 0.864. The maximum atomic E-state index is 14.1. The van der Waals surface area contributed by atoms with E-state index in [0.29, 0.717) is 47.9 Å². The minimum absolute atomic E-state index is 0.0389. The molecule has 5 rings (SSSR count). The van der Waals surface area contributed by atoms with E-state index in [1.807, 2.05) is 159 Å². The normalized spacial score (nSPS) is 17.3. The summed E-state index contributed by atoms with van der Waals surface area (Å²) in [4.78, 5) is 128. The van der Waals surface area contributed by atoms with Crippen LogP contribution in [-0.4, -0.2) is 142 Å². The van der Waals surface area contributed by atoms with Crippen LogP contribution in [0, 0.1) is 29.6 Å². The number of thioether (sulfide) groups is 2. The largest absolute Gasteiger partial charge is 0.445 e. The quantitative estimate of drug-likeness (QED) is 0.0170. The van der Waals surface area contributed by atoms with Gasteiger partial charge in [-0.05, 0) is 135 Å². The zero-order valence-electron chi connectivity index (χ0n) is 63.2. The Morgan fingerprint density at radius 1 is 0.490 bits per heavy atom. The number of carbonyl (C=O) groups excluding carboxylic acids is 9. The van der Waals surface area contributed by atoms with E-state index in [1.165, 1.54) is 11.8 Å². The van der Waals surface area contributed by atoms with E-state index >= 15 is 0 Å². The van der Waals surface area contributed by atoms with Crippen molar-refractivity contribution in [2.24, 2.45) is 39.6 Å². The van der Waals surface area contributed by atoms with E-state index in [9.17, 15) is 43.2 Å². The van der Waals surface area contributed by atoms with Crippen LogP contribution in [0.4, 0.5) is 14.4 Å². The number of nitrogens with one attached hydrogen (secondary N) is 9. The highest BCUT2D eigenvalue weighted by molar-refractivity contribution is 8.14. The molecule has 2 aliphatic heterocycles. The third kappa shape index (κ3) is 33.7. The van der Waals surface area contributed by atoms with Crippen LogP contribution in [0.5, 0.6) is 0 Å². The van der Waals surface area contributed by atoms with Crippen LogP contribution in [-0.2, 0) is 62.4 Å². The van der Waals surface area contributed by atoms with E-state index in [1.54, 1.807) is 66.3 Å². The molecule has 0 aromatic heterocycles. The Labute approximate surface area is 613 Å². The first-order valence-corrected chi connectivity index (χ1v) is 37.3. The number of hydrogen-bond donors (Lipinski definition) is 9. The first kappa shape index (κ1) is 86.2. The zero-order valence-corrected chi connectivity index (χ0v) is 64.8. The van der Waals surface area contributed by atoms with Crippen LogP contribution in [0.25, 0.3) is 0 Å². The van der Waals surface area contributed by atoms with Gasteiger partial charge >= 0.3 is 18.3 Å². The van der Waals surface area contributed by atoms with E-state index in [4.69, 9.17) is 14.2 Å². The molecule has 0 fully saturated rings. The molecule has 9 amide bonds. The Morgan fingerprint density at radius 3 is 1.29 bits per heavy atom. The highest BCUT2D eigenvalue weighted by atomic mass is 32.2. The molecule has 102 heavy (non-hydrogen) atoms. The van der Waals surface area contributed by atoms with E-state index in [-0.39, 0.29) is 66.9 Å². The fourth-order valence-corrected chi connectivity index (χ4v) is 12.5. The van der Waals surface area contributed by atoms with E-state index in [2.05, 4.69) is 71.7 Å². The summed E-state index contributed by atoms with van der Waals surface area (Å²) >= 11 is 3.01. The molecular weight excluding hydrogens is 1340 g/mol. The van der Waals surface area contributed by atoms with Gasteiger partial charge in [-0.2, -0.15) is 0 Å². The van der Waals surface area contributed by atoms with Crippen molar-refractivity contribution in [2.45, 2.75) is 234 Å². The average molecular weight is 1450 g/mol. The summed E-state index contributed by atoms with van der Waals surface area (Å²) in [5.74, 6) is -4.26. The number of nitrogens with zero attached hydrogens (tertiary/aromatic N) is 2. The van der Waals surface area contributed by atoms with Gasteiger partial charge in [-0.25, -0.2) is 14.4 Å². The molecule has 23 nitrogen and oxygen atoms in total. The summed E-state index contributed by atoms with van der Waals surface area (Å²) in [6.45, 7) is 34.9. The number of amides is 9. The number of rotatable bonds is 30. The van der Waals surface area contributed by atoms with Crippen LogP contribution in [0.2, 0.25) is 0 Å². The Morgan fingerprint density at radius 2 is 0.892 bits per heavy atom. The number of amidine groups is 2. The standard InChI is InChI=1S/C48H71N7O8S.C29H44N4O4S/c1-30(2)26-39(43(58)55-45-49-25-23-34(7)64-45)52-42(57)37(22-17-24-50-46(60)62-29-36-20-15-12-16-21-36)51-44(59)40(31(3)4)54-41(56)33(6)27-32(5)38(28-35-18-13-11-14-19-35)53-47(61)63-48(8,9)10;1-18(2)24(26(35)33-27-30-15-14-21(5)38-27)32-25(34)20(4)16-19(3)23(17-22-12-10-9-11-13-22)31-28(36)37-29(6,7)8/h11-16,18-21,27,30-31,33-34,37-40H,17,22-26,28-29H2,1-10H3,(H,50,60)(H,51,59)(H,52,57)(H,53,61)(H,54,56)(H,49,55,58);9-13,16,18,20-21,23-24H,14-15,17H2,1-8H3,(H,31,36)(H,32,34)(H,30,33,35)/b32-27+;19-16+/t33-,34?,37+,38-,39+,40+;20-,21?,23-,24+/m11/s1. The predicted molar refractivity (Wildman–Crippen MR) is 407 cm³/mol. The molecule has 0 aliphatic carbocycles. The first-order valence-electron chi connectivity index (χ1n) is 35.6. The molecule has 2 unspecified atom stereocenters. The lowest BCUT2D eigenvalue weighted by Gasteiger charge is -2.28. The van der Waals surface area contributed by atoms with Crippen molar-refractivity contribution in [2.75, 3.05) is 19.6 Å². The number of hydrogen-bond acceptors (Lipinski definition) is 16. The summed E-state index contributed by atoms with van der Waals surface area (Å²) < 4.78 is 16.3. The molecule has 10 atom stereocenters.